The van der Waals surface area contributed by atoms with Crippen LogP contribution in [0.2, 0.25) is 5.15 Å². The molecule has 0 radical (unpaired) electrons. The highest BCUT2D eigenvalue weighted by atomic mass is 35.5. The molecular weight excluding hydrogens is 533 g/mol. The van der Waals surface area contributed by atoms with Crippen molar-refractivity contribution in [3.05, 3.63) is 63.8 Å². The van der Waals surface area contributed by atoms with Gasteiger partial charge in [-0.3, -0.25) is 14.8 Å². The zero-order valence-electron chi connectivity index (χ0n) is 20.9. The lowest BCUT2D eigenvalue weighted by Gasteiger charge is -2.35. The summed E-state index contributed by atoms with van der Waals surface area (Å²) < 4.78 is 6.52. The molecule has 2 N–H and O–H groups in total. The first-order valence-electron chi connectivity index (χ1n) is 12.5. The van der Waals surface area contributed by atoms with Gasteiger partial charge in [0.15, 0.2) is 5.15 Å². The van der Waals surface area contributed by atoms with E-state index in [1.807, 2.05) is 12.1 Å². The van der Waals surface area contributed by atoms with Crippen molar-refractivity contribution in [1.82, 2.24) is 15.1 Å². The molecule has 0 spiro atoms. The van der Waals surface area contributed by atoms with Crippen LogP contribution in [0.3, 0.4) is 0 Å². The molecule has 6 nitrogen and oxygen atoms in total. The maximum atomic E-state index is 11.3. The highest BCUT2D eigenvalue weighted by Gasteiger charge is 2.30. The van der Waals surface area contributed by atoms with E-state index in [1.54, 1.807) is 0 Å². The minimum Gasteiger partial charge on any atom is -0.485 e. The number of aromatic nitrogens is 2. The normalized spacial score (nSPS) is 18.1. The number of aliphatic carboxylic acids is 1. The van der Waals surface area contributed by atoms with E-state index in [1.165, 1.54) is 16.7 Å². The van der Waals surface area contributed by atoms with Crippen LogP contribution in [0.5, 0.6) is 5.75 Å². The number of hydrogen-bond donors (Lipinski definition) is 2. The predicted octanol–water partition coefficient (Wildman–Crippen LogP) is 7.11. The summed E-state index contributed by atoms with van der Waals surface area (Å²) in [5, 5.41) is 17.7. The Labute approximate surface area is 233 Å². The van der Waals surface area contributed by atoms with Crippen LogP contribution in [0, 0.1) is 11.8 Å². The third-order valence-electron chi connectivity index (χ3n) is 7.38. The van der Waals surface area contributed by atoms with Gasteiger partial charge in [0.05, 0.1) is 11.4 Å². The number of nitrogens with zero attached hydrogens (tertiary/aromatic N) is 2. The van der Waals surface area contributed by atoms with Crippen molar-refractivity contribution in [3.63, 3.8) is 0 Å². The molecule has 2 atom stereocenters. The van der Waals surface area contributed by atoms with E-state index in [-0.39, 0.29) is 35.8 Å². The van der Waals surface area contributed by atoms with E-state index in [0.717, 1.165) is 35.1 Å². The Morgan fingerprint density at radius 2 is 1.92 bits per heavy atom. The molecule has 0 saturated carbocycles. The fraction of sp³-hybridized carbons (Fsp3) is 0.429. The SMILES string of the molecule is CC(C)C(Oc1ccc2c(c1)CCC(C(Cl)N1CCC(C(=O)O)CC1)=C2)c1ccc2[nH]nc(Cl)c2c1.Cl. The van der Waals surface area contributed by atoms with Crippen LogP contribution < -0.4 is 4.74 Å². The molecule has 2 heterocycles. The molecule has 2 aliphatic rings. The van der Waals surface area contributed by atoms with Crippen LogP contribution in [0.1, 0.15) is 55.9 Å². The van der Waals surface area contributed by atoms with Crippen molar-refractivity contribution in [3.8, 4) is 5.75 Å². The maximum absolute atomic E-state index is 11.3. The van der Waals surface area contributed by atoms with Gasteiger partial charge in [-0.15, -0.1) is 24.0 Å². The van der Waals surface area contributed by atoms with Crippen molar-refractivity contribution in [2.24, 2.45) is 11.8 Å². The highest BCUT2D eigenvalue weighted by molar-refractivity contribution is 6.34. The molecular formula is C28H32Cl3N3O3. The summed E-state index contributed by atoms with van der Waals surface area (Å²) in [7, 11) is 0. The largest absolute Gasteiger partial charge is 0.485 e. The standard InChI is InChI=1S/C28H31Cl2N3O3.ClH/c1-16(2)25(20-6-8-24-23(15-20)26(29)32-31-24)36-22-7-5-18-13-21(4-3-19(18)14-22)27(30)33-11-9-17(10-12-33)28(34)35;/h5-8,13-17,25,27H,3-4,9-12H2,1-2H3,(H,31,32)(H,34,35);1H. The van der Waals surface area contributed by atoms with Gasteiger partial charge in [-0.05, 0) is 78.1 Å². The molecule has 1 saturated heterocycles. The highest BCUT2D eigenvalue weighted by Crippen LogP contribution is 2.36. The van der Waals surface area contributed by atoms with Crippen LogP contribution in [-0.2, 0) is 11.2 Å². The molecule has 5 rings (SSSR count). The number of halogens is 3. The van der Waals surface area contributed by atoms with E-state index in [4.69, 9.17) is 27.9 Å². The number of fused-ring (bicyclic) bond motifs is 2. The number of aromatic amines is 1. The molecule has 0 amide bonds. The minimum atomic E-state index is -0.699. The van der Waals surface area contributed by atoms with Gasteiger partial charge < -0.3 is 9.84 Å². The van der Waals surface area contributed by atoms with Crippen LogP contribution in [0.4, 0.5) is 0 Å². The Bertz CT molecular complexity index is 1300. The quantitative estimate of drug-likeness (QED) is 0.236. The number of benzene rings is 2. The Morgan fingerprint density at radius 3 is 2.62 bits per heavy atom. The molecule has 2 unspecified atom stereocenters. The first kappa shape index (κ1) is 27.8. The summed E-state index contributed by atoms with van der Waals surface area (Å²) in [5.41, 5.74) is 5.39. The van der Waals surface area contributed by atoms with E-state index >= 15 is 0 Å². The molecule has 1 aromatic heterocycles. The summed E-state index contributed by atoms with van der Waals surface area (Å²) in [6, 6.07) is 12.4. The number of rotatable bonds is 7. The van der Waals surface area contributed by atoms with Gasteiger partial charge in [-0.2, -0.15) is 5.10 Å². The summed E-state index contributed by atoms with van der Waals surface area (Å²) in [4.78, 5) is 13.5. The third kappa shape index (κ3) is 5.93. The number of nitrogens with one attached hydrogen (secondary N) is 1. The number of hydrogen-bond acceptors (Lipinski definition) is 4. The monoisotopic (exact) mass is 563 g/mol. The molecule has 3 aromatic rings. The summed E-state index contributed by atoms with van der Waals surface area (Å²) >= 11 is 13.1. The van der Waals surface area contributed by atoms with Crippen molar-refractivity contribution in [1.29, 1.82) is 0 Å². The third-order valence-corrected chi connectivity index (χ3v) is 8.23. The average Bonchev–Trinajstić information content (AvgIpc) is 3.26. The molecule has 9 heteroatoms. The van der Waals surface area contributed by atoms with E-state index < -0.39 is 5.97 Å². The zero-order chi connectivity index (χ0) is 25.4. The van der Waals surface area contributed by atoms with Gasteiger partial charge in [0, 0.05) is 18.5 Å². The number of carboxylic acids is 1. The van der Waals surface area contributed by atoms with E-state index in [2.05, 4.69) is 59.3 Å². The molecule has 1 fully saturated rings. The van der Waals surface area contributed by atoms with E-state index in [0.29, 0.717) is 31.1 Å². The van der Waals surface area contributed by atoms with Crippen LogP contribution in [-0.4, -0.2) is 44.8 Å². The Kier molecular flexibility index (Phi) is 8.74. The fourth-order valence-corrected chi connectivity index (χ4v) is 5.84. The van der Waals surface area contributed by atoms with Crippen LogP contribution in [0.25, 0.3) is 17.0 Å². The van der Waals surface area contributed by atoms with E-state index in [9.17, 15) is 9.90 Å². The summed E-state index contributed by atoms with van der Waals surface area (Å²) in [5.74, 6) is 0.159. The minimum absolute atomic E-state index is 0. The van der Waals surface area contributed by atoms with Crippen molar-refractivity contribution in [2.45, 2.75) is 51.1 Å². The van der Waals surface area contributed by atoms with Crippen molar-refractivity contribution >= 4 is 58.6 Å². The average molecular weight is 565 g/mol. The van der Waals surface area contributed by atoms with Gasteiger partial charge in [0.25, 0.3) is 0 Å². The second kappa shape index (κ2) is 11.6. The number of ether oxygens (including phenoxy) is 1. The molecule has 37 heavy (non-hydrogen) atoms. The van der Waals surface area contributed by atoms with Crippen molar-refractivity contribution < 1.29 is 14.6 Å². The molecule has 198 valence electrons. The zero-order valence-corrected chi connectivity index (χ0v) is 23.2. The van der Waals surface area contributed by atoms with Crippen molar-refractivity contribution in [2.75, 3.05) is 13.1 Å². The molecule has 1 aliphatic heterocycles. The smallest absolute Gasteiger partial charge is 0.306 e. The van der Waals surface area contributed by atoms with Gasteiger partial charge in [0.2, 0.25) is 0 Å². The van der Waals surface area contributed by atoms with Crippen LogP contribution in [0.15, 0.2) is 42.0 Å². The lowest BCUT2D eigenvalue weighted by Crippen LogP contribution is -2.41. The topological polar surface area (TPSA) is 78.5 Å². The number of likely N-dealkylation sites (tertiary alicyclic amines) is 1. The Hall–Kier alpha value is -2.25. The fourth-order valence-electron chi connectivity index (χ4n) is 5.27. The number of carbonyl (C=O) groups is 1. The second-order valence-corrected chi connectivity index (χ2v) is 10.9. The van der Waals surface area contributed by atoms with Crippen LogP contribution >= 0.6 is 35.6 Å². The first-order valence-corrected chi connectivity index (χ1v) is 13.4. The Balaban J connectivity index is 0.00000320. The molecule has 1 aliphatic carbocycles. The van der Waals surface area contributed by atoms with Gasteiger partial charge in [-0.1, -0.05) is 43.7 Å². The number of carboxylic acid groups (broad SMARTS) is 1. The van der Waals surface area contributed by atoms with Gasteiger partial charge >= 0.3 is 5.97 Å². The second-order valence-electron chi connectivity index (χ2n) is 10.2. The molecule has 0 bridgehead atoms. The van der Waals surface area contributed by atoms with Gasteiger partial charge in [-0.25, -0.2) is 0 Å². The van der Waals surface area contributed by atoms with Gasteiger partial charge in [0.1, 0.15) is 17.4 Å². The summed E-state index contributed by atoms with van der Waals surface area (Å²) in [6.07, 6.45) is 5.16. The maximum Gasteiger partial charge on any atom is 0.306 e. The number of aryl methyl sites for hydroxylation is 1. The summed E-state index contributed by atoms with van der Waals surface area (Å²) in [6.45, 7) is 5.74. The first-order chi connectivity index (χ1) is 17.3. The number of piperidine rings is 1. The lowest BCUT2D eigenvalue weighted by molar-refractivity contribution is -0.143. The Morgan fingerprint density at radius 1 is 1.16 bits per heavy atom. The number of alkyl halides is 1. The number of H-pyrrole nitrogens is 1. The lowest BCUT2D eigenvalue weighted by atomic mass is 9.90. The predicted molar refractivity (Wildman–Crippen MR) is 151 cm³/mol. The molecule has 2 aromatic carbocycles.